The van der Waals surface area contributed by atoms with Crippen molar-refractivity contribution in [1.29, 1.82) is 0 Å². The highest BCUT2D eigenvalue weighted by atomic mass is 32.2. The zero-order chi connectivity index (χ0) is 21.6. The van der Waals surface area contributed by atoms with Crippen molar-refractivity contribution < 1.29 is 17.9 Å². The van der Waals surface area contributed by atoms with Crippen molar-refractivity contribution in [3.8, 4) is 5.75 Å². The first-order valence-corrected chi connectivity index (χ1v) is 11.6. The number of benzene rings is 2. The number of ether oxygens (including phenoxy) is 1. The van der Waals surface area contributed by atoms with E-state index in [4.69, 9.17) is 4.74 Å². The largest absolute Gasteiger partial charge is 0.491 e. The van der Waals surface area contributed by atoms with Gasteiger partial charge in [-0.2, -0.15) is 4.31 Å². The summed E-state index contributed by atoms with van der Waals surface area (Å²) in [6, 6.07) is 13.8. The second-order valence-electron chi connectivity index (χ2n) is 7.55. The highest BCUT2D eigenvalue weighted by Crippen LogP contribution is 2.22. The van der Waals surface area contributed by atoms with E-state index in [-0.39, 0.29) is 16.9 Å². The number of hydrogen-bond acceptors (Lipinski definition) is 4. The molecule has 1 amide bonds. The molecule has 1 saturated heterocycles. The number of nitrogens with zero attached hydrogens (tertiary/aromatic N) is 1. The zero-order valence-electron chi connectivity index (χ0n) is 17.4. The summed E-state index contributed by atoms with van der Waals surface area (Å²) < 4.78 is 32.8. The molecule has 0 atom stereocenters. The van der Waals surface area contributed by atoms with Crippen molar-refractivity contribution >= 4 is 27.7 Å². The molecular formula is C23H28N2O4S. The smallest absolute Gasteiger partial charge is 0.248 e. The molecule has 0 spiro atoms. The van der Waals surface area contributed by atoms with Gasteiger partial charge in [-0.25, -0.2) is 8.42 Å². The predicted molar refractivity (Wildman–Crippen MR) is 119 cm³/mol. The molecule has 3 rings (SSSR count). The monoisotopic (exact) mass is 428 g/mol. The first-order chi connectivity index (χ1) is 14.3. The molecule has 0 aromatic heterocycles. The number of carbonyl (C=O) groups excluding carboxylic acids is 1. The van der Waals surface area contributed by atoms with Gasteiger partial charge in [0.15, 0.2) is 0 Å². The van der Waals surface area contributed by atoms with Crippen LogP contribution in [0.2, 0.25) is 0 Å². The van der Waals surface area contributed by atoms with Crippen LogP contribution in [0.1, 0.15) is 38.7 Å². The topological polar surface area (TPSA) is 75.7 Å². The van der Waals surface area contributed by atoms with Gasteiger partial charge in [0.25, 0.3) is 0 Å². The Morgan fingerprint density at radius 1 is 1.07 bits per heavy atom. The molecule has 1 N–H and O–H groups in total. The molecule has 30 heavy (non-hydrogen) atoms. The molecule has 0 radical (unpaired) electrons. The number of piperidine rings is 1. The Hall–Kier alpha value is -2.64. The van der Waals surface area contributed by atoms with Crippen LogP contribution in [-0.2, 0) is 14.8 Å². The summed E-state index contributed by atoms with van der Waals surface area (Å²) in [6.45, 7) is 5.03. The van der Waals surface area contributed by atoms with Crippen molar-refractivity contribution in [2.75, 3.05) is 18.4 Å². The highest BCUT2D eigenvalue weighted by Gasteiger charge is 2.25. The normalized spacial score (nSPS) is 15.4. The quantitative estimate of drug-likeness (QED) is 0.667. The van der Waals surface area contributed by atoms with Crippen LogP contribution in [0.5, 0.6) is 5.75 Å². The maximum Gasteiger partial charge on any atom is 0.248 e. The number of rotatable bonds is 7. The Bertz CT molecular complexity index is 992. The summed E-state index contributed by atoms with van der Waals surface area (Å²) in [4.78, 5) is 12.5. The van der Waals surface area contributed by atoms with Crippen molar-refractivity contribution in [1.82, 2.24) is 4.31 Å². The zero-order valence-corrected chi connectivity index (χ0v) is 18.2. The van der Waals surface area contributed by atoms with Gasteiger partial charge in [0.05, 0.1) is 11.0 Å². The summed E-state index contributed by atoms with van der Waals surface area (Å²) in [6.07, 6.45) is 5.94. The maximum atomic E-state index is 12.8. The van der Waals surface area contributed by atoms with Gasteiger partial charge in [0.1, 0.15) is 5.75 Å². The Balaban J connectivity index is 1.64. The molecule has 160 valence electrons. The first-order valence-electron chi connectivity index (χ1n) is 10.2. The molecule has 2 aromatic carbocycles. The van der Waals surface area contributed by atoms with E-state index >= 15 is 0 Å². The Kier molecular flexibility index (Phi) is 7.29. The summed E-state index contributed by atoms with van der Waals surface area (Å²) in [5, 5.41) is 2.78. The molecule has 7 heteroatoms. The minimum atomic E-state index is -3.50. The summed E-state index contributed by atoms with van der Waals surface area (Å²) in [7, 11) is -3.50. The second-order valence-corrected chi connectivity index (χ2v) is 9.49. The summed E-state index contributed by atoms with van der Waals surface area (Å²) in [5.74, 6) is 0.446. The van der Waals surface area contributed by atoms with E-state index < -0.39 is 10.0 Å². The van der Waals surface area contributed by atoms with Gasteiger partial charge in [-0.05, 0) is 74.7 Å². The van der Waals surface area contributed by atoms with Crippen LogP contribution in [0.4, 0.5) is 5.69 Å². The highest BCUT2D eigenvalue weighted by molar-refractivity contribution is 7.89. The number of hydrogen-bond donors (Lipinski definition) is 1. The standard InChI is InChI=1S/C23H28N2O4S/c1-18(2)29-21-12-10-20(11-13-21)24-23(26)14-9-19-7-6-8-22(17-19)30(27,28)25-15-4-3-5-16-25/h6-14,17-18H,3-5,15-16H2,1-2H3,(H,24,26). The SMILES string of the molecule is CC(C)Oc1ccc(NC(=O)C=Cc2cccc(S(=O)(=O)N3CCCCC3)c2)cc1. The maximum absolute atomic E-state index is 12.8. The molecule has 0 aliphatic carbocycles. The van der Waals surface area contributed by atoms with Crippen LogP contribution in [0.15, 0.2) is 59.5 Å². The van der Waals surface area contributed by atoms with E-state index in [2.05, 4.69) is 5.32 Å². The lowest BCUT2D eigenvalue weighted by Gasteiger charge is -2.25. The summed E-state index contributed by atoms with van der Waals surface area (Å²) >= 11 is 0. The van der Waals surface area contributed by atoms with Gasteiger partial charge in [0.2, 0.25) is 15.9 Å². The Morgan fingerprint density at radius 2 is 1.77 bits per heavy atom. The van der Waals surface area contributed by atoms with E-state index in [1.165, 1.54) is 6.08 Å². The lowest BCUT2D eigenvalue weighted by molar-refractivity contribution is -0.111. The Morgan fingerprint density at radius 3 is 2.43 bits per heavy atom. The molecule has 6 nitrogen and oxygen atoms in total. The van der Waals surface area contributed by atoms with Crippen LogP contribution in [0.25, 0.3) is 6.08 Å². The van der Waals surface area contributed by atoms with E-state index in [1.807, 2.05) is 13.8 Å². The van der Waals surface area contributed by atoms with Crippen LogP contribution < -0.4 is 10.1 Å². The minimum Gasteiger partial charge on any atom is -0.491 e. The van der Waals surface area contributed by atoms with Gasteiger partial charge < -0.3 is 10.1 Å². The van der Waals surface area contributed by atoms with Gasteiger partial charge in [-0.15, -0.1) is 0 Å². The molecule has 1 fully saturated rings. The molecule has 0 saturated carbocycles. The molecule has 0 unspecified atom stereocenters. The Labute approximate surface area is 178 Å². The number of anilines is 1. The molecule has 1 aliphatic rings. The fourth-order valence-electron chi connectivity index (χ4n) is 3.28. The molecule has 1 heterocycles. The predicted octanol–water partition coefficient (Wildman–Crippen LogP) is 4.30. The number of sulfonamides is 1. The lowest BCUT2D eigenvalue weighted by atomic mass is 10.2. The number of nitrogens with one attached hydrogen (secondary N) is 1. The minimum absolute atomic E-state index is 0.0860. The van der Waals surface area contributed by atoms with Crippen molar-refractivity contribution in [2.45, 2.75) is 44.1 Å². The fraction of sp³-hybridized carbons (Fsp3) is 0.348. The second kappa shape index (κ2) is 9.91. The van der Waals surface area contributed by atoms with Crippen LogP contribution in [0, 0.1) is 0 Å². The molecule has 1 aliphatic heterocycles. The molecule has 2 aromatic rings. The third-order valence-corrected chi connectivity index (χ3v) is 6.63. The third-order valence-electron chi connectivity index (χ3n) is 4.73. The van der Waals surface area contributed by atoms with Crippen molar-refractivity contribution in [3.63, 3.8) is 0 Å². The third kappa shape index (κ3) is 5.93. The van der Waals surface area contributed by atoms with Crippen molar-refractivity contribution in [2.24, 2.45) is 0 Å². The van der Waals surface area contributed by atoms with Gasteiger partial charge in [-0.3, -0.25) is 4.79 Å². The lowest BCUT2D eigenvalue weighted by Crippen LogP contribution is -2.35. The van der Waals surface area contributed by atoms with E-state index in [1.54, 1.807) is 58.9 Å². The van der Waals surface area contributed by atoms with Crippen LogP contribution in [-0.4, -0.2) is 37.8 Å². The average molecular weight is 429 g/mol. The van der Waals surface area contributed by atoms with Gasteiger partial charge in [0, 0.05) is 24.9 Å². The number of carbonyl (C=O) groups is 1. The summed E-state index contributed by atoms with van der Waals surface area (Å²) in [5.41, 5.74) is 1.31. The first kappa shape index (κ1) is 22.1. The van der Waals surface area contributed by atoms with Gasteiger partial charge in [-0.1, -0.05) is 18.6 Å². The van der Waals surface area contributed by atoms with E-state index in [0.717, 1.165) is 25.0 Å². The molecule has 0 bridgehead atoms. The van der Waals surface area contributed by atoms with Crippen LogP contribution >= 0.6 is 0 Å². The van der Waals surface area contributed by atoms with Crippen molar-refractivity contribution in [3.05, 3.63) is 60.2 Å². The van der Waals surface area contributed by atoms with E-state index in [9.17, 15) is 13.2 Å². The average Bonchev–Trinajstić information content (AvgIpc) is 2.74. The fourth-order valence-corrected chi connectivity index (χ4v) is 4.85. The van der Waals surface area contributed by atoms with Gasteiger partial charge >= 0.3 is 0 Å². The number of amides is 1. The molecular weight excluding hydrogens is 400 g/mol. The van der Waals surface area contributed by atoms with Crippen LogP contribution in [0.3, 0.4) is 0 Å². The van der Waals surface area contributed by atoms with E-state index in [0.29, 0.717) is 24.3 Å².